The molecule has 19 heavy (non-hydrogen) atoms. The summed E-state index contributed by atoms with van der Waals surface area (Å²) in [6.07, 6.45) is 0. The summed E-state index contributed by atoms with van der Waals surface area (Å²) in [5, 5.41) is 3.26. The van der Waals surface area contributed by atoms with E-state index in [4.69, 9.17) is 4.74 Å². The molecule has 1 aromatic carbocycles. The van der Waals surface area contributed by atoms with E-state index in [0.29, 0.717) is 0 Å². The molecule has 1 unspecified atom stereocenters. The van der Waals surface area contributed by atoms with Gasteiger partial charge in [-0.15, -0.1) is 0 Å². The molecule has 108 valence electrons. The highest BCUT2D eigenvalue weighted by Gasteiger charge is 2.11. The Morgan fingerprint density at radius 1 is 1.32 bits per heavy atom. The average molecular weight is 329 g/mol. The summed E-state index contributed by atoms with van der Waals surface area (Å²) in [4.78, 5) is 2.36. The molecule has 0 saturated carbocycles. The van der Waals surface area contributed by atoms with Crippen molar-refractivity contribution in [2.75, 3.05) is 33.3 Å². The normalized spacial score (nSPS) is 12.7. The van der Waals surface area contributed by atoms with Gasteiger partial charge in [-0.25, -0.2) is 0 Å². The zero-order valence-electron chi connectivity index (χ0n) is 12.4. The standard InChI is InChI=1S/C15H25BrN2O/c1-5-18(6-2)9-10-19-15-8-7-13(16)11-14(15)12(3)17-4/h7-8,11-12,17H,5-6,9-10H2,1-4H3. The van der Waals surface area contributed by atoms with E-state index in [0.717, 1.165) is 36.5 Å². The Morgan fingerprint density at radius 3 is 2.58 bits per heavy atom. The zero-order valence-corrected chi connectivity index (χ0v) is 14.0. The van der Waals surface area contributed by atoms with E-state index in [1.165, 1.54) is 5.56 Å². The minimum atomic E-state index is 0.279. The monoisotopic (exact) mass is 328 g/mol. The fraction of sp³-hybridized carbons (Fsp3) is 0.600. The molecule has 0 saturated heterocycles. The smallest absolute Gasteiger partial charge is 0.124 e. The summed E-state index contributed by atoms with van der Waals surface area (Å²) >= 11 is 3.52. The highest BCUT2D eigenvalue weighted by Crippen LogP contribution is 2.28. The fourth-order valence-corrected chi connectivity index (χ4v) is 2.35. The highest BCUT2D eigenvalue weighted by atomic mass is 79.9. The molecule has 0 bridgehead atoms. The maximum absolute atomic E-state index is 5.95. The maximum Gasteiger partial charge on any atom is 0.124 e. The average Bonchev–Trinajstić information content (AvgIpc) is 2.44. The van der Waals surface area contributed by atoms with Gasteiger partial charge < -0.3 is 15.0 Å². The van der Waals surface area contributed by atoms with Gasteiger partial charge >= 0.3 is 0 Å². The van der Waals surface area contributed by atoms with Crippen molar-refractivity contribution < 1.29 is 4.74 Å². The van der Waals surface area contributed by atoms with E-state index in [2.05, 4.69) is 53.0 Å². The van der Waals surface area contributed by atoms with E-state index in [1.54, 1.807) is 0 Å². The van der Waals surface area contributed by atoms with Crippen LogP contribution in [0.2, 0.25) is 0 Å². The molecular formula is C15H25BrN2O. The molecule has 0 fully saturated rings. The number of hydrogen-bond donors (Lipinski definition) is 1. The van der Waals surface area contributed by atoms with Gasteiger partial charge in [-0.1, -0.05) is 29.8 Å². The third-order valence-electron chi connectivity index (χ3n) is 3.43. The second-order valence-electron chi connectivity index (χ2n) is 4.57. The maximum atomic E-state index is 5.95. The van der Waals surface area contributed by atoms with E-state index in [-0.39, 0.29) is 6.04 Å². The van der Waals surface area contributed by atoms with Crippen LogP contribution in [0, 0.1) is 0 Å². The summed E-state index contributed by atoms with van der Waals surface area (Å²) in [6.45, 7) is 10.3. The molecule has 4 heteroatoms. The first-order valence-electron chi connectivity index (χ1n) is 6.94. The molecule has 0 radical (unpaired) electrons. The van der Waals surface area contributed by atoms with E-state index >= 15 is 0 Å². The predicted octanol–water partition coefficient (Wildman–Crippen LogP) is 3.45. The van der Waals surface area contributed by atoms with Crippen LogP contribution < -0.4 is 10.1 Å². The molecule has 0 heterocycles. The largest absolute Gasteiger partial charge is 0.492 e. The second kappa shape index (κ2) is 8.56. The van der Waals surface area contributed by atoms with Gasteiger partial charge in [0.2, 0.25) is 0 Å². The third-order valence-corrected chi connectivity index (χ3v) is 3.92. The first-order valence-corrected chi connectivity index (χ1v) is 7.73. The highest BCUT2D eigenvalue weighted by molar-refractivity contribution is 9.10. The van der Waals surface area contributed by atoms with Crippen LogP contribution >= 0.6 is 15.9 Å². The SMILES string of the molecule is CCN(CC)CCOc1ccc(Br)cc1C(C)NC. The quantitative estimate of drug-likeness (QED) is 0.791. The molecule has 0 aliphatic rings. The van der Waals surface area contributed by atoms with Crippen molar-refractivity contribution in [3.05, 3.63) is 28.2 Å². The number of benzene rings is 1. The van der Waals surface area contributed by atoms with Crippen molar-refractivity contribution >= 4 is 15.9 Å². The molecule has 1 atom stereocenters. The first-order chi connectivity index (χ1) is 9.12. The first kappa shape index (κ1) is 16.5. The van der Waals surface area contributed by atoms with Crippen LogP contribution in [-0.2, 0) is 0 Å². The molecule has 0 spiro atoms. The van der Waals surface area contributed by atoms with Gasteiger partial charge in [-0.3, -0.25) is 0 Å². The van der Waals surface area contributed by atoms with Crippen molar-refractivity contribution in [2.24, 2.45) is 0 Å². The lowest BCUT2D eigenvalue weighted by atomic mass is 10.1. The molecule has 1 rings (SSSR count). The van der Waals surface area contributed by atoms with E-state index < -0.39 is 0 Å². The van der Waals surface area contributed by atoms with Crippen molar-refractivity contribution in [3.8, 4) is 5.75 Å². The number of likely N-dealkylation sites (N-methyl/N-ethyl adjacent to an activating group) is 1. The zero-order chi connectivity index (χ0) is 14.3. The lowest BCUT2D eigenvalue weighted by Crippen LogP contribution is -2.28. The summed E-state index contributed by atoms with van der Waals surface area (Å²) < 4.78 is 7.03. The number of nitrogens with one attached hydrogen (secondary N) is 1. The Hall–Kier alpha value is -0.580. The van der Waals surface area contributed by atoms with Gasteiger partial charge in [0.25, 0.3) is 0 Å². The van der Waals surface area contributed by atoms with Gasteiger partial charge in [-0.2, -0.15) is 0 Å². The fourth-order valence-electron chi connectivity index (χ4n) is 1.97. The van der Waals surface area contributed by atoms with Crippen LogP contribution in [0.1, 0.15) is 32.4 Å². The molecule has 3 nitrogen and oxygen atoms in total. The van der Waals surface area contributed by atoms with Crippen LogP contribution in [0.3, 0.4) is 0 Å². The van der Waals surface area contributed by atoms with Gasteiger partial charge in [0.05, 0.1) is 0 Å². The molecule has 0 aliphatic heterocycles. The Morgan fingerprint density at radius 2 is 2.00 bits per heavy atom. The summed E-state index contributed by atoms with van der Waals surface area (Å²) in [7, 11) is 1.96. The molecule has 0 aromatic heterocycles. The predicted molar refractivity (Wildman–Crippen MR) is 84.9 cm³/mol. The van der Waals surface area contributed by atoms with Gasteiger partial charge in [-0.05, 0) is 45.3 Å². The number of rotatable bonds is 8. The second-order valence-corrected chi connectivity index (χ2v) is 5.48. The molecule has 0 aliphatic carbocycles. The van der Waals surface area contributed by atoms with Gasteiger partial charge in [0, 0.05) is 22.6 Å². The summed E-state index contributed by atoms with van der Waals surface area (Å²) in [6, 6.07) is 6.46. The lowest BCUT2D eigenvalue weighted by molar-refractivity contribution is 0.221. The van der Waals surface area contributed by atoms with Crippen molar-refractivity contribution in [2.45, 2.75) is 26.8 Å². The number of nitrogens with zero attached hydrogens (tertiary/aromatic N) is 1. The van der Waals surface area contributed by atoms with Crippen LogP contribution in [0.25, 0.3) is 0 Å². The number of halogens is 1. The van der Waals surface area contributed by atoms with Crippen molar-refractivity contribution in [3.63, 3.8) is 0 Å². The van der Waals surface area contributed by atoms with Gasteiger partial charge in [0.15, 0.2) is 0 Å². The Bertz CT molecular complexity index is 380. The number of ether oxygens (including phenoxy) is 1. The summed E-state index contributed by atoms with van der Waals surface area (Å²) in [5.41, 5.74) is 1.19. The minimum absolute atomic E-state index is 0.279. The van der Waals surface area contributed by atoms with Crippen LogP contribution in [-0.4, -0.2) is 38.2 Å². The lowest BCUT2D eigenvalue weighted by Gasteiger charge is -2.20. The van der Waals surface area contributed by atoms with E-state index in [1.807, 2.05) is 19.2 Å². The van der Waals surface area contributed by atoms with Crippen LogP contribution in [0.5, 0.6) is 5.75 Å². The third kappa shape index (κ3) is 5.13. The Balaban J connectivity index is 2.67. The molecule has 1 aromatic rings. The van der Waals surface area contributed by atoms with Crippen LogP contribution in [0.15, 0.2) is 22.7 Å². The van der Waals surface area contributed by atoms with Crippen LogP contribution in [0.4, 0.5) is 0 Å². The topological polar surface area (TPSA) is 24.5 Å². The van der Waals surface area contributed by atoms with Gasteiger partial charge in [0.1, 0.15) is 12.4 Å². The Labute approximate surface area is 125 Å². The number of hydrogen-bond acceptors (Lipinski definition) is 3. The summed E-state index contributed by atoms with van der Waals surface area (Å²) in [5.74, 6) is 0.970. The van der Waals surface area contributed by atoms with E-state index in [9.17, 15) is 0 Å². The molecule has 0 amide bonds. The van der Waals surface area contributed by atoms with Crippen molar-refractivity contribution in [1.29, 1.82) is 0 Å². The minimum Gasteiger partial charge on any atom is -0.492 e. The molecular weight excluding hydrogens is 304 g/mol. The molecule has 1 N–H and O–H groups in total. The Kier molecular flexibility index (Phi) is 7.42. The van der Waals surface area contributed by atoms with Crippen molar-refractivity contribution in [1.82, 2.24) is 10.2 Å².